The molecule has 1 saturated heterocycles. The summed E-state index contributed by atoms with van der Waals surface area (Å²) in [6, 6.07) is 2.70. The number of likely N-dealkylation sites (tertiary alicyclic amines) is 1. The van der Waals surface area contributed by atoms with Gasteiger partial charge in [0.25, 0.3) is 0 Å². The van der Waals surface area contributed by atoms with Crippen LogP contribution in [-0.2, 0) is 0 Å². The van der Waals surface area contributed by atoms with E-state index in [1.807, 2.05) is 12.3 Å². The van der Waals surface area contributed by atoms with Gasteiger partial charge in [0.1, 0.15) is 0 Å². The van der Waals surface area contributed by atoms with Crippen molar-refractivity contribution >= 4 is 0 Å². The summed E-state index contributed by atoms with van der Waals surface area (Å²) in [5.74, 6) is 0. The topological polar surface area (TPSA) is 21.1 Å². The molecule has 1 aromatic rings. The highest BCUT2D eigenvalue weighted by atomic mass is 15.3. The predicted molar refractivity (Wildman–Crippen MR) is 50.4 cm³/mol. The third-order valence-corrected chi connectivity index (χ3v) is 3.45. The van der Waals surface area contributed by atoms with Crippen molar-refractivity contribution < 1.29 is 0 Å². The number of hydrogen-bond donors (Lipinski definition) is 0. The number of rotatable bonds is 1. The Morgan fingerprint density at radius 2 is 2.15 bits per heavy atom. The minimum atomic E-state index is 0.672. The van der Waals surface area contributed by atoms with Gasteiger partial charge in [-0.25, -0.2) is 0 Å². The second kappa shape index (κ2) is 2.35. The molecule has 2 heterocycles. The molecule has 0 aromatic carbocycles. The zero-order valence-corrected chi connectivity index (χ0v) is 7.98. The average molecular weight is 177 g/mol. The number of hydrogen-bond acceptors (Lipinski definition) is 2. The zero-order chi connectivity index (χ0) is 8.89. The van der Waals surface area contributed by atoms with Crippen LogP contribution in [0, 0.1) is 5.41 Å². The van der Waals surface area contributed by atoms with Crippen molar-refractivity contribution in [3.8, 4) is 0 Å². The second-order valence-corrected chi connectivity index (χ2v) is 4.72. The van der Waals surface area contributed by atoms with Gasteiger partial charge in [0.15, 0.2) is 0 Å². The molecule has 3 heteroatoms. The van der Waals surface area contributed by atoms with Crippen LogP contribution in [0.1, 0.15) is 18.9 Å². The normalized spacial score (nSPS) is 27.2. The van der Waals surface area contributed by atoms with Crippen LogP contribution < -0.4 is 0 Å². The molecule has 1 aromatic heterocycles. The highest BCUT2D eigenvalue weighted by molar-refractivity contribution is 5.05. The summed E-state index contributed by atoms with van der Waals surface area (Å²) in [6.07, 6.45) is 6.62. The molecule has 13 heavy (non-hydrogen) atoms. The van der Waals surface area contributed by atoms with Gasteiger partial charge in [-0.15, -0.1) is 0 Å². The smallest absolute Gasteiger partial charge is 0.0531 e. The first-order chi connectivity index (χ1) is 6.27. The van der Waals surface area contributed by atoms with Crippen LogP contribution >= 0.6 is 0 Å². The van der Waals surface area contributed by atoms with Crippen LogP contribution in [0.2, 0.25) is 0 Å². The first kappa shape index (κ1) is 7.56. The SMILES string of the molecule is CN1CC2(CC(n3cccn3)C2)C1. The van der Waals surface area contributed by atoms with Gasteiger partial charge in [0.05, 0.1) is 6.04 Å². The average Bonchev–Trinajstić information content (AvgIpc) is 2.45. The van der Waals surface area contributed by atoms with Gasteiger partial charge in [-0.3, -0.25) is 4.68 Å². The molecule has 0 unspecified atom stereocenters. The third kappa shape index (κ3) is 1.03. The maximum Gasteiger partial charge on any atom is 0.0531 e. The largest absolute Gasteiger partial charge is 0.305 e. The molecule has 0 atom stereocenters. The van der Waals surface area contributed by atoms with E-state index < -0.39 is 0 Å². The zero-order valence-electron chi connectivity index (χ0n) is 7.98. The molecule has 0 amide bonds. The van der Waals surface area contributed by atoms with Gasteiger partial charge in [-0.05, 0) is 31.4 Å². The molecule has 0 N–H and O–H groups in total. The highest BCUT2D eigenvalue weighted by Crippen LogP contribution is 2.53. The van der Waals surface area contributed by atoms with E-state index in [1.54, 1.807) is 0 Å². The molecule has 70 valence electrons. The standard InChI is InChI=1S/C10H15N3/c1-12-7-10(8-12)5-9(6-10)13-4-2-3-11-13/h2-4,9H,5-8H2,1H3. The van der Waals surface area contributed by atoms with Crippen LogP contribution in [0.3, 0.4) is 0 Å². The van der Waals surface area contributed by atoms with Gasteiger partial charge in [0, 0.05) is 25.5 Å². The van der Waals surface area contributed by atoms with Crippen LogP contribution in [-0.4, -0.2) is 34.8 Å². The fraction of sp³-hybridized carbons (Fsp3) is 0.700. The maximum atomic E-state index is 4.28. The van der Waals surface area contributed by atoms with Crippen LogP contribution in [0.4, 0.5) is 0 Å². The molecule has 3 rings (SSSR count). The summed E-state index contributed by atoms with van der Waals surface area (Å²) in [5.41, 5.74) is 0.672. The monoisotopic (exact) mass is 177 g/mol. The van der Waals surface area contributed by atoms with E-state index in [-0.39, 0.29) is 0 Å². The Bertz CT molecular complexity index is 290. The van der Waals surface area contributed by atoms with Gasteiger partial charge in [-0.1, -0.05) is 0 Å². The lowest BCUT2D eigenvalue weighted by atomic mass is 9.61. The molecule has 0 radical (unpaired) electrons. The predicted octanol–water partition coefficient (Wildman–Crippen LogP) is 1.15. The van der Waals surface area contributed by atoms with Crippen molar-refractivity contribution in [3.05, 3.63) is 18.5 Å². The van der Waals surface area contributed by atoms with Gasteiger partial charge in [-0.2, -0.15) is 5.10 Å². The lowest BCUT2D eigenvalue weighted by Crippen LogP contribution is -2.60. The van der Waals surface area contributed by atoms with Gasteiger partial charge in [0.2, 0.25) is 0 Å². The van der Waals surface area contributed by atoms with E-state index >= 15 is 0 Å². The Kier molecular flexibility index (Phi) is 1.37. The fourth-order valence-electron chi connectivity index (χ4n) is 2.98. The Hall–Kier alpha value is -0.830. The van der Waals surface area contributed by atoms with Crippen molar-refractivity contribution in [1.82, 2.24) is 14.7 Å². The number of aromatic nitrogens is 2. The molecule has 2 aliphatic rings. The molecule has 2 fully saturated rings. The van der Waals surface area contributed by atoms with E-state index in [0.717, 1.165) is 0 Å². The van der Waals surface area contributed by atoms with Crippen molar-refractivity contribution in [2.24, 2.45) is 5.41 Å². The van der Waals surface area contributed by atoms with E-state index in [9.17, 15) is 0 Å². The summed E-state index contributed by atoms with van der Waals surface area (Å²) in [5, 5.41) is 4.28. The first-order valence-corrected chi connectivity index (χ1v) is 4.95. The van der Waals surface area contributed by atoms with Crippen LogP contribution in [0.25, 0.3) is 0 Å². The molecule has 1 saturated carbocycles. The third-order valence-electron chi connectivity index (χ3n) is 3.45. The van der Waals surface area contributed by atoms with E-state index in [2.05, 4.69) is 27.9 Å². The lowest BCUT2D eigenvalue weighted by Gasteiger charge is -2.58. The molecule has 1 aliphatic carbocycles. The van der Waals surface area contributed by atoms with Gasteiger partial charge >= 0.3 is 0 Å². The molecular weight excluding hydrogens is 162 g/mol. The second-order valence-electron chi connectivity index (χ2n) is 4.72. The molecule has 0 bridgehead atoms. The van der Waals surface area contributed by atoms with Crippen LogP contribution in [0.5, 0.6) is 0 Å². The molecular formula is C10H15N3. The van der Waals surface area contributed by atoms with Crippen molar-refractivity contribution in [1.29, 1.82) is 0 Å². The summed E-state index contributed by atoms with van der Waals surface area (Å²) in [6.45, 7) is 2.59. The summed E-state index contributed by atoms with van der Waals surface area (Å²) < 4.78 is 2.11. The van der Waals surface area contributed by atoms with E-state index in [4.69, 9.17) is 0 Å². The fourth-order valence-corrected chi connectivity index (χ4v) is 2.98. The Balaban J connectivity index is 1.64. The maximum absolute atomic E-state index is 4.28. The van der Waals surface area contributed by atoms with Crippen LogP contribution in [0.15, 0.2) is 18.5 Å². The summed E-state index contributed by atoms with van der Waals surface area (Å²) >= 11 is 0. The van der Waals surface area contributed by atoms with Gasteiger partial charge < -0.3 is 4.90 Å². The van der Waals surface area contributed by atoms with Crippen molar-refractivity contribution in [2.45, 2.75) is 18.9 Å². The lowest BCUT2D eigenvalue weighted by molar-refractivity contribution is -0.0786. The Morgan fingerprint density at radius 1 is 1.38 bits per heavy atom. The highest BCUT2D eigenvalue weighted by Gasteiger charge is 2.51. The summed E-state index contributed by atoms with van der Waals surface area (Å²) in [4.78, 5) is 2.40. The Morgan fingerprint density at radius 3 is 2.69 bits per heavy atom. The molecule has 1 spiro atoms. The minimum Gasteiger partial charge on any atom is -0.305 e. The van der Waals surface area contributed by atoms with E-state index in [0.29, 0.717) is 11.5 Å². The summed E-state index contributed by atoms with van der Waals surface area (Å²) in [7, 11) is 2.20. The van der Waals surface area contributed by atoms with Crippen molar-refractivity contribution in [3.63, 3.8) is 0 Å². The molecule has 1 aliphatic heterocycles. The van der Waals surface area contributed by atoms with E-state index in [1.165, 1.54) is 25.9 Å². The minimum absolute atomic E-state index is 0.672. The Labute approximate surface area is 78.3 Å². The first-order valence-electron chi connectivity index (χ1n) is 4.95. The number of nitrogens with zero attached hydrogens (tertiary/aromatic N) is 3. The van der Waals surface area contributed by atoms with Crippen molar-refractivity contribution in [2.75, 3.05) is 20.1 Å². The molecule has 3 nitrogen and oxygen atoms in total. The quantitative estimate of drug-likeness (QED) is 0.641.